The number of rotatable bonds is 6. The molecule has 5 rings (SSSR count). The van der Waals surface area contributed by atoms with Crippen molar-refractivity contribution < 1.29 is 23.9 Å². The first-order valence-corrected chi connectivity index (χ1v) is 12.5. The number of para-hydroxylation sites is 1. The van der Waals surface area contributed by atoms with Crippen LogP contribution >= 0.6 is 0 Å². The number of amides is 3. The monoisotopic (exact) mass is 496 g/mol. The Kier molecular flexibility index (Phi) is 6.86. The third kappa shape index (κ3) is 5.03. The van der Waals surface area contributed by atoms with Crippen LogP contribution in [-0.4, -0.2) is 30.3 Å². The van der Waals surface area contributed by atoms with Crippen LogP contribution in [0.15, 0.2) is 78.9 Å². The zero-order valence-corrected chi connectivity index (χ0v) is 20.6. The predicted molar refractivity (Wildman–Crippen MR) is 139 cm³/mol. The molecular weight excluding hydrogens is 468 g/mol. The van der Waals surface area contributed by atoms with Crippen molar-refractivity contribution in [2.24, 2.45) is 11.8 Å². The van der Waals surface area contributed by atoms with E-state index in [9.17, 15) is 19.2 Å². The van der Waals surface area contributed by atoms with Crippen molar-refractivity contribution in [3.63, 3.8) is 0 Å². The number of hydrogen-bond donors (Lipinski definition) is 1. The number of aryl methyl sites for hydroxylation is 1. The van der Waals surface area contributed by atoms with E-state index >= 15 is 0 Å². The van der Waals surface area contributed by atoms with Gasteiger partial charge in [-0.25, -0.2) is 4.79 Å². The molecule has 188 valence electrons. The van der Waals surface area contributed by atoms with E-state index < -0.39 is 18.5 Å². The second-order valence-electron chi connectivity index (χ2n) is 9.63. The van der Waals surface area contributed by atoms with Crippen LogP contribution in [0.25, 0.3) is 0 Å². The fraction of sp³-hybridized carbons (Fsp3) is 0.267. The van der Waals surface area contributed by atoms with Gasteiger partial charge in [0.15, 0.2) is 6.61 Å². The molecule has 7 heteroatoms. The van der Waals surface area contributed by atoms with E-state index in [-0.39, 0.29) is 35.1 Å². The number of anilines is 2. The number of carbonyl (C=O) groups is 4. The lowest BCUT2D eigenvalue weighted by Crippen LogP contribution is -2.30. The largest absolute Gasteiger partial charge is 0.452 e. The molecule has 0 radical (unpaired) electrons. The predicted octanol–water partition coefficient (Wildman–Crippen LogP) is 4.86. The number of fused-ring (bicyclic) bond motifs is 1. The van der Waals surface area contributed by atoms with Gasteiger partial charge in [-0.1, -0.05) is 48.5 Å². The van der Waals surface area contributed by atoms with E-state index in [0.29, 0.717) is 24.2 Å². The van der Waals surface area contributed by atoms with Gasteiger partial charge >= 0.3 is 5.97 Å². The number of hydrogen-bond acceptors (Lipinski definition) is 5. The summed E-state index contributed by atoms with van der Waals surface area (Å²) < 4.78 is 5.14. The van der Waals surface area contributed by atoms with E-state index in [1.54, 1.807) is 18.2 Å². The lowest BCUT2D eigenvalue weighted by atomic mass is 9.73. The molecule has 0 aromatic heterocycles. The maximum Gasteiger partial charge on any atom is 0.338 e. The molecule has 1 saturated carbocycles. The van der Waals surface area contributed by atoms with E-state index in [0.717, 1.165) is 12.0 Å². The third-order valence-electron chi connectivity index (χ3n) is 7.31. The van der Waals surface area contributed by atoms with Gasteiger partial charge in [0.2, 0.25) is 11.8 Å². The van der Waals surface area contributed by atoms with Gasteiger partial charge in [-0.2, -0.15) is 0 Å². The van der Waals surface area contributed by atoms with Gasteiger partial charge in [0.05, 0.1) is 23.1 Å². The van der Waals surface area contributed by atoms with Crippen LogP contribution < -0.4 is 10.2 Å². The summed E-state index contributed by atoms with van der Waals surface area (Å²) in [6.07, 6.45) is 2.21. The summed E-state index contributed by atoms with van der Waals surface area (Å²) in [5, 5.41) is 2.71. The van der Waals surface area contributed by atoms with Crippen molar-refractivity contribution in [2.75, 3.05) is 16.8 Å². The first kappa shape index (κ1) is 24.4. The third-order valence-corrected chi connectivity index (χ3v) is 7.31. The van der Waals surface area contributed by atoms with Gasteiger partial charge in [-0.15, -0.1) is 0 Å². The Labute approximate surface area is 215 Å². The molecule has 1 saturated heterocycles. The number of esters is 1. The highest BCUT2D eigenvalue weighted by molar-refractivity contribution is 6.22. The minimum Gasteiger partial charge on any atom is -0.452 e. The van der Waals surface area contributed by atoms with Crippen LogP contribution in [0.2, 0.25) is 0 Å². The second-order valence-corrected chi connectivity index (χ2v) is 9.63. The van der Waals surface area contributed by atoms with Crippen molar-refractivity contribution in [3.05, 3.63) is 95.6 Å². The van der Waals surface area contributed by atoms with Gasteiger partial charge in [-0.05, 0) is 73.6 Å². The van der Waals surface area contributed by atoms with E-state index in [1.807, 2.05) is 43.3 Å². The SMILES string of the molecule is Cc1ccccc1NC(=O)COC(=O)c1ccc(N2C(=O)[C@H]3C[C@H](c4ccccc4)CC[C@H]3C2=O)cc1. The molecule has 1 heterocycles. The molecule has 0 unspecified atom stereocenters. The summed E-state index contributed by atoms with van der Waals surface area (Å²) in [7, 11) is 0. The number of benzene rings is 3. The molecule has 3 aromatic rings. The maximum absolute atomic E-state index is 13.3. The molecule has 3 atom stereocenters. The summed E-state index contributed by atoms with van der Waals surface area (Å²) in [6, 6.07) is 23.6. The summed E-state index contributed by atoms with van der Waals surface area (Å²) in [5.41, 5.74) is 3.43. The van der Waals surface area contributed by atoms with Crippen molar-refractivity contribution in [3.8, 4) is 0 Å². The van der Waals surface area contributed by atoms with Gasteiger partial charge in [0, 0.05) is 5.69 Å². The van der Waals surface area contributed by atoms with Crippen LogP contribution in [0.4, 0.5) is 11.4 Å². The summed E-state index contributed by atoms with van der Waals surface area (Å²) in [4.78, 5) is 52.3. The number of nitrogens with one attached hydrogen (secondary N) is 1. The Balaban J connectivity index is 1.20. The molecule has 1 aliphatic heterocycles. The minimum absolute atomic E-state index is 0.176. The van der Waals surface area contributed by atoms with Crippen molar-refractivity contribution in [2.45, 2.75) is 32.1 Å². The lowest BCUT2D eigenvalue weighted by molar-refractivity contribution is -0.122. The standard InChI is InChI=1S/C30H28N2O5/c1-19-7-5-6-10-26(19)31-27(33)18-37-30(36)21-11-14-23(15-12-21)32-28(34)24-16-13-22(17-25(24)29(32)35)20-8-3-2-4-9-20/h2-12,14-15,22,24-25H,13,16-18H2,1H3,(H,31,33)/t22-,24-,25+/m1/s1. The van der Waals surface area contributed by atoms with Crippen molar-refractivity contribution >= 4 is 35.1 Å². The molecule has 0 bridgehead atoms. The molecule has 3 aromatic carbocycles. The Morgan fingerprint density at radius 1 is 0.865 bits per heavy atom. The molecule has 1 aliphatic carbocycles. The molecule has 3 amide bonds. The first-order chi connectivity index (χ1) is 17.9. The molecule has 2 aliphatic rings. The van der Waals surface area contributed by atoms with Gasteiger partial charge in [-0.3, -0.25) is 19.3 Å². The van der Waals surface area contributed by atoms with Gasteiger partial charge in [0.25, 0.3) is 5.91 Å². The highest BCUT2D eigenvalue weighted by atomic mass is 16.5. The average molecular weight is 497 g/mol. The van der Waals surface area contributed by atoms with E-state index in [2.05, 4.69) is 17.4 Å². The Morgan fingerprint density at radius 3 is 2.27 bits per heavy atom. The Bertz CT molecular complexity index is 1340. The molecule has 7 nitrogen and oxygen atoms in total. The second kappa shape index (κ2) is 10.4. The highest BCUT2D eigenvalue weighted by Crippen LogP contribution is 2.45. The fourth-order valence-electron chi connectivity index (χ4n) is 5.32. The summed E-state index contributed by atoms with van der Waals surface area (Å²) in [6.45, 7) is 1.44. The van der Waals surface area contributed by atoms with Crippen LogP contribution in [0.1, 0.15) is 46.7 Å². The van der Waals surface area contributed by atoms with E-state index in [4.69, 9.17) is 4.74 Å². The molecular formula is C30H28N2O5. The zero-order valence-electron chi connectivity index (χ0n) is 20.6. The van der Waals surface area contributed by atoms with Crippen LogP contribution in [0, 0.1) is 18.8 Å². The summed E-state index contributed by atoms with van der Waals surface area (Å²) in [5.74, 6) is -1.83. The van der Waals surface area contributed by atoms with Gasteiger partial charge in [0.1, 0.15) is 0 Å². The summed E-state index contributed by atoms with van der Waals surface area (Å²) >= 11 is 0. The van der Waals surface area contributed by atoms with Crippen LogP contribution in [0.3, 0.4) is 0 Å². The van der Waals surface area contributed by atoms with Crippen molar-refractivity contribution in [1.29, 1.82) is 0 Å². The Morgan fingerprint density at radius 2 is 1.54 bits per heavy atom. The van der Waals surface area contributed by atoms with E-state index in [1.165, 1.54) is 22.6 Å². The number of carbonyl (C=O) groups excluding carboxylic acids is 4. The average Bonchev–Trinajstić information content (AvgIpc) is 3.18. The number of ether oxygens (including phenoxy) is 1. The minimum atomic E-state index is -0.662. The zero-order chi connectivity index (χ0) is 25.9. The molecule has 0 spiro atoms. The quantitative estimate of drug-likeness (QED) is 0.389. The number of imide groups is 1. The lowest BCUT2D eigenvalue weighted by Gasteiger charge is -2.28. The van der Waals surface area contributed by atoms with Gasteiger partial charge < -0.3 is 10.1 Å². The molecule has 37 heavy (non-hydrogen) atoms. The van der Waals surface area contributed by atoms with Crippen LogP contribution in [0.5, 0.6) is 0 Å². The normalized spacial score (nSPS) is 20.9. The molecule has 2 fully saturated rings. The smallest absolute Gasteiger partial charge is 0.338 e. The van der Waals surface area contributed by atoms with Crippen LogP contribution in [-0.2, 0) is 19.1 Å². The molecule has 1 N–H and O–H groups in total. The topological polar surface area (TPSA) is 92.8 Å². The number of nitrogens with zero attached hydrogens (tertiary/aromatic N) is 1. The fourth-order valence-corrected chi connectivity index (χ4v) is 5.32. The van der Waals surface area contributed by atoms with Crippen molar-refractivity contribution in [1.82, 2.24) is 0 Å². The Hall–Kier alpha value is -4.26. The highest BCUT2D eigenvalue weighted by Gasteiger charge is 2.50. The first-order valence-electron chi connectivity index (χ1n) is 12.5. The maximum atomic E-state index is 13.3.